The van der Waals surface area contributed by atoms with Gasteiger partial charge in [0.1, 0.15) is 5.75 Å². The third-order valence-corrected chi connectivity index (χ3v) is 2.44. The molecule has 17 heavy (non-hydrogen) atoms. The second-order valence-corrected chi connectivity index (χ2v) is 3.44. The van der Waals surface area contributed by atoms with E-state index in [2.05, 4.69) is 9.72 Å². The Morgan fingerprint density at radius 2 is 2.29 bits per heavy atom. The summed E-state index contributed by atoms with van der Waals surface area (Å²) in [4.78, 5) is 14.6. The SMILES string of the molecule is COC(=O)Cc1ncc(C(F)F)c(CCl)c1O. The minimum atomic E-state index is -2.78. The van der Waals surface area contributed by atoms with E-state index in [9.17, 15) is 18.7 Å². The zero-order valence-corrected chi connectivity index (χ0v) is 9.67. The van der Waals surface area contributed by atoms with E-state index in [1.54, 1.807) is 0 Å². The quantitative estimate of drug-likeness (QED) is 0.670. The van der Waals surface area contributed by atoms with Crippen LogP contribution in [0.2, 0.25) is 0 Å². The molecule has 0 aliphatic rings. The van der Waals surface area contributed by atoms with Crippen LogP contribution >= 0.6 is 11.6 Å². The number of hydrogen-bond donors (Lipinski definition) is 1. The number of hydrogen-bond acceptors (Lipinski definition) is 4. The van der Waals surface area contributed by atoms with Crippen molar-refractivity contribution >= 4 is 17.6 Å². The van der Waals surface area contributed by atoms with Crippen LogP contribution in [0.1, 0.15) is 23.2 Å². The molecule has 1 N–H and O–H groups in total. The van der Waals surface area contributed by atoms with E-state index < -0.39 is 23.7 Å². The predicted molar refractivity (Wildman–Crippen MR) is 56.1 cm³/mol. The van der Waals surface area contributed by atoms with Gasteiger partial charge in [0.15, 0.2) is 0 Å². The molecule has 0 bridgehead atoms. The Hall–Kier alpha value is -1.43. The van der Waals surface area contributed by atoms with Crippen molar-refractivity contribution in [3.05, 3.63) is 23.0 Å². The van der Waals surface area contributed by atoms with Gasteiger partial charge in [0, 0.05) is 17.3 Å². The minimum absolute atomic E-state index is 0.0306. The number of halogens is 3. The van der Waals surface area contributed by atoms with Crippen LogP contribution in [-0.2, 0) is 21.8 Å². The van der Waals surface area contributed by atoms with Gasteiger partial charge in [-0.2, -0.15) is 0 Å². The summed E-state index contributed by atoms with van der Waals surface area (Å²) >= 11 is 5.49. The number of ether oxygens (including phenoxy) is 1. The fraction of sp³-hybridized carbons (Fsp3) is 0.400. The monoisotopic (exact) mass is 265 g/mol. The average molecular weight is 266 g/mol. The molecule has 0 saturated heterocycles. The molecule has 1 rings (SSSR count). The minimum Gasteiger partial charge on any atom is -0.506 e. The van der Waals surface area contributed by atoms with E-state index in [0.717, 1.165) is 6.20 Å². The van der Waals surface area contributed by atoms with Crippen molar-refractivity contribution in [1.29, 1.82) is 0 Å². The molecule has 0 amide bonds. The Labute approximate surface area is 101 Å². The fourth-order valence-corrected chi connectivity index (χ4v) is 1.55. The molecule has 0 unspecified atom stereocenters. The van der Waals surface area contributed by atoms with Crippen LogP contribution in [0.3, 0.4) is 0 Å². The van der Waals surface area contributed by atoms with Crippen LogP contribution < -0.4 is 0 Å². The Balaban J connectivity index is 3.15. The van der Waals surface area contributed by atoms with Crippen LogP contribution in [-0.4, -0.2) is 23.2 Å². The van der Waals surface area contributed by atoms with Crippen molar-refractivity contribution in [2.45, 2.75) is 18.7 Å². The van der Waals surface area contributed by atoms with E-state index >= 15 is 0 Å². The molecular weight excluding hydrogens is 256 g/mol. The molecule has 0 radical (unpaired) electrons. The molecule has 7 heteroatoms. The highest BCUT2D eigenvalue weighted by Crippen LogP contribution is 2.32. The number of rotatable bonds is 4. The van der Waals surface area contributed by atoms with Crippen LogP contribution in [0.15, 0.2) is 6.20 Å². The van der Waals surface area contributed by atoms with Crippen LogP contribution in [0.4, 0.5) is 8.78 Å². The fourth-order valence-electron chi connectivity index (χ4n) is 1.26. The molecular formula is C10H10ClF2NO3. The Morgan fingerprint density at radius 1 is 1.65 bits per heavy atom. The smallest absolute Gasteiger partial charge is 0.311 e. The summed E-state index contributed by atoms with van der Waals surface area (Å²) in [6.07, 6.45) is -2.18. The lowest BCUT2D eigenvalue weighted by Gasteiger charge is -2.11. The van der Waals surface area contributed by atoms with E-state index in [1.807, 2.05) is 0 Å². The zero-order valence-electron chi connectivity index (χ0n) is 8.91. The number of pyridine rings is 1. The normalized spacial score (nSPS) is 10.6. The van der Waals surface area contributed by atoms with Crippen LogP contribution in [0.25, 0.3) is 0 Å². The lowest BCUT2D eigenvalue weighted by Crippen LogP contribution is -2.08. The molecule has 0 atom stereocenters. The number of carbonyl (C=O) groups excluding carboxylic acids is 1. The lowest BCUT2D eigenvalue weighted by atomic mass is 10.1. The summed E-state index contributed by atoms with van der Waals surface area (Å²) in [6.45, 7) is 0. The first-order valence-electron chi connectivity index (χ1n) is 4.61. The first kappa shape index (κ1) is 13.6. The second-order valence-electron chi connectivity index (χ2n) is 3.17. The van der Waals surface area contributed by atoms with Crippen molar-refractivity contribution in [2.24, 2.45) is 0 Å². The van der Waals surface area contributed by atoms with Crippen LogP contribution in [0, 0.1) is 0 Å². The Morgan fingerprint density at radius 3 is 2.76 bits per heavy atom. The van der Waals surface area contributed by atoms with E-state index in [4.69, 9.17) is 11.6 Å². The van der Waals surface area contributed by atoms with Crippen molar-refractivity contribution in [2.75, 3.05) is 7.11 Å². The Bertz CT molecular complexity index is 426. The molecule has 0 spiro atoms. The molecule has 0 saturated carbocycles. The summed E-state index contributed by atoms with van der Waals surface area (Å²) in [6, 6.07) is 0. The Kier molecular flexibility index (Phi) is 4.62. The largest absolute Gasteiger partial charge is 0.506 e. The summed E-state index contributed by atoms with van der Waals surface area (Å²) in [5, 5.41) is 9.67. The van der Waals surface area contributed by atoms with Crippen LogP contribution in [0.5, 0.6) is 5.75 Å². The summed E-state index contributed by atoms with van der Waals surface area (Å²) in [5.41, 5.74) is -0.585. The summed E-state index contributed by atoms with van der Waals surface area (Å²) in [5.74, 6) is -1.40. The van der Waals surface area contributed by atoms with Gasteiger partial charge in [-0.1, -0.05) is 0 Å². The van der Waals surface area contributed by atoms with Crippen molar-refractivity contribution in [3.8, 4) is 5.75 Å². The lowest BCUT2D eigenvalue weighted by molar-refractivity contribution is -0.139. The number of esters is 1. The molecule has 4 nitrogen and oxygen atoms in total. The predicted octanol–water partition coefficient (Wildman–Crippen LogP) is 2.18. The average Bonchev–Trinajstić information content (AvgIpc) is 2.30. The molecule has 1 heterocycles. The number of alkyl halides is 3. The van der Waals surface area contributed by atoms with E-state index in [1.165, 1.54) is 7.11 Å². The molecule has 0 fully saturated rings. The summed E-state index contributed by atoms with van der Waals surface area (Å²) < 4.78 is 29.5. The maximum atomic E-state index is 12.6. The van der Waals surface area contributed by atoms with Gasteiger partial charge in [0.25, 0.3) is 6.43 Å². The number of aromatic nitrogens is 1. The third-order valence-electron chi connectivity index (χ3n) is 2.18. The molecule has 0 aliphatic carbocycles. The first-order chi connectivity index (χ1) is 8.01. The van der Waals surface area contributed by atoms with Gasteiger partial charge >= 0.3 is 5.97 Å². The molecule has 94 valence electrons. The highest BCUT2D eigenvalue weighted by Gasteiger charge is 2.20. The highest BCUT2D eigenvalue weighted by molar-refractivity contribution is 6.17. The van der Waals surface area contributed by atoms with E-state index in [0.29, 0.717) is 0 Å². The van der Waals surface area contributed by atoms with Gasteiger partial charge in [0.05, 0.1) is 25.1 Å². The first-order valence-corrected chi connectivity index (χ1v) is 5.15. The van der Waals surface area contributed by atoms with Crippen molar-refractivity contribution in [1.82, 2.24) is 4.98 Å². The van der Waals surface area contributed by atoms with Gasteiger partial charge in [-0.05, 0) is 0 Å². The van der Waals surface area contributed by atoms with E-state index in [-0.39, 0.29) is 23.6 Å². The summed E-state index contributed by atoms with van der Waals surface area (Å²) in [7, 11) is 1.18. The number of methoxy groups -OCH3 is 1. The zero-order chi connectivity index (χ0) is 13.0. The highest BCUT2D eigenvalue weighted by atomic mass is 35.5. The maximum Gasteiger partial charge on any atom is 0.311 e. The molecule has 0 aromatic carbocycles. The maximum absolute atomic E-state index is 12.6. The van der Waals surface area contributed by atoms with Gasteiger partial charge < -0.3 is 9.84 Å². The topological polar surface area (TPSA) is 59.4 Å². The third kappa shape index (κ3) is 3.03. The number of carbonyl (C=O) groups is 1. The number of nitrogens with zero attached hydrogens (tertiary/aromatic N) is 1. The van der Waals surface area contributed by atoms with Gasteiger partial charge in [0.2, 0.25) is 0 Å². The second kappa shape index (κ2) is 5.77. The molecule has 1 aromatic heterocycles. The van der Waals surface area contributed by atoms with Gasteiger partial charge in [-0.25, -0.2) is 8.78 Å². The standard InChI is InChI=1S/C10H10ClF2NO3/c1-17-8(15)2-7-9(16)5(3-11)6(4-14-7)10(12)13/h4,10,16H,2-3H2,1H3. The van der Waals surface area contributed by atoms with Gasteiger partial charge in [-0.15, -0.1) is 11.6 Å². The van der Waals surface area contributed by atoms with Crippen molar-refractivity contribution < 1.29 is 23.4 Å². The molecule has 1 aromatic rings. The van der Waals surface area contributed by atoms with Gasteiger partial charge in [-0.3, -0.25) is 9.78 Å². The number of aromatic hydroxyl groups is 1. The van der Waals surface area contributed by atoms with Crippen molar-refractivity contribution in [3.63, 3.8) is 0 Å². The molecule has 0 aliphatic heterocycles.